The van der Waals surface area contributed by atoms with E-state index in [-0.39, 0.29) is 0 Å². The zero-order chi connectivity index (χ0) is 12.5. The van der Waals surface area contributed by atoms with Crippen LogP contribution in [-0.2, 0) is 19.5 Å². The number of hydrogen-bond acceptors (Lipinski definition) is 4. The molecule has 18 heavy (non-hydrogen) atoms. The fraction of sp³-hybridized carbons (Fsp3) is 0.308. The van der Waals surface area contributed by atoms with Gasteiger partial charge in [-0.3, -0.25) is 4.90 Å². The van der Waals surface area contributed by atoms with Gasteiger partial charge in [-0.15, -0.1) is 11.3 Å². The lowest BCUT2D eigenvalue weighted by atomic mass is 9.98. The molecular weight excluding hydrogens is 310 g/mol. The first-order valence-corrected chi connectivity index (χ1v) is 7.58. The molecule has 1 aliphatic rings. The average molecular weight is 324 g/mol. The Labute approximate surface area is 119 Å². The number of halogens is 1. The van der Waals surface area contributed by atoms with Crippen LogP contribution in [0.15, 0.2) is 28.2 Å². The highest BCUT2D eigenvalue weighted by Gasteiger charge is 2.20. The molecule has 0 bridgehead atoms. The summed E-state index contributed by atoms with van der Waals surface area (Å²) in [7, 11) is 0. The van der Waals surface area contributed by atoms with Gasteiger partial charge in [0.2, 0.25) is 0 Å². The van der Waals surface area contributed by atoms with E-state index in [9.17, 15) is 0 Å². The summed E-state index contributed by atoms with van der Waals surface area (Å²) in [6.07, 6.45) is 2.91. The van der Waals surface area contributed by atoms with Crippen LogP contribution >= 0.6 is 27.3 Å². The average Bonchev–Trinajstić information content (AvgIpc) is 2.87. The smallest absolute Gasteiger partial charge is 0.107 e. The normalized spacial score (nSPS) is 15.6. The number of rotatable bonds is 2. The molecule has 0 spiro atoms. The first-order chi connectivity index (χ1) is 8.74. The summed E-state index contributed by atoms with van der Waals surface area (Å²) in [6, 6.07) is 4.03. The Morgan fingerprint density at radius 1 is 1.39 bits per heavy atom. The van der Waals surface area contributed by atoms with Crippen molar-refractivity contribution >= 4 is 33.0 Å². The lowest BCUT2D eigenvalue weighted by molar-refractivity contribution is 0.245. The maximum Gasteiger partial charge on any atom is 0.107 e. The van der Waals surface area contributed by atoms with Gasteiger partial charge in [-0.05, 0) is 29.7 Å². The van der Waals surface area contributed by atoms with Crippen molar-refractivity contribution in [1.29, 1.82) is 0 Å². The summed E-state index contributed by atoms with van der Waals surface area (Å²) in [4.78, 5) is 6.75. The van der Waals surface area contributed by atoms with E-state index in [2.05, 4.69) is 25.8 Å². The quantitative estimate of drug-likeness (QED) is 0.864. The Hall–Kier alpha value is -0.910. The van der Waals surface area contributed by atoms with Crippen LogP contribution in [0.2, 0.25) is 0 Å². The summed E-state index contributed by atoms with van der Waals surface area (Å²) >= 11 is 5.32. The van der Waals surface area contributed by atoms with Gasteiger partial charge in [0.25, 0.3) is 0 Å². The molecule has 0 saturated carbocycles. The molecule has 2 N–H and O–H groups in total. The van der Waals surface area contributed by atoms with Crippen molar-refractivity contribution in [2.45, 2.75) is 19.5 Å². The molecule has 1 aromatic carbocycles. The van der Waals surface area contributed by atoms with Gasteiger partial charge in [-0.1, -0.05) is 15.9 Å². The van der Waals surface area contributed by atoms with Crippen LogP contribution in [0, 0.1) is 0 Å². The Morgan fingerprint density at radius 2 is 2.28 bits per heavy atom. The third-order valence-corrected chi connectivity index (χ3v) is 4.82. The first-order valence-electron chi connectivity index (χ1n) is 5.90. The van der Waals surface area contributed by atoms with E-state index in [1.54, 1.807) is 11.3 Å². The minimum atomic E-state index is 0.900. The maximum absolute atomic E-state index is 6.09. The molecular formula is C13H14BrN3S. The number of hydrogen-bond donors (Lipinski definition) is 1. The molecule has 0 aliphatic carbocycles. The molecule has 0 atom stereocenters. The van der Waals surface area contributed by atoms with Gasteiger partial charge >= 0.3 is 0 Å². The SMILES string of the molecule is Nc1ccc(Br)c2c1CN(Cc1nccs1)CC2. The summed E-state index contributed by atoms with van der Waals surface area (Å²) in [5.41, 5.74) is 9.62. The molecule has 3 rings (SSSR count). The van der Waals surface area contributed by atoms with Crippen molar-refractivity contribution < 1.29 is 0 Å². The largest absolute Gasteiger partial charge is 0.398 e. The number of nitrogen functional groups attached to an aromatic ring is 1. The predicted octanol–water partition coefficient (Wildman–Crippen LogP) is 3.05. The van der Waals surface area contributed by atoms with Crippen LogP contribution < -0.4 is 5.73 Å². The van der Waals surface area contributed by atoms with Crippen molar-refractivity contribution in [3.63, 3.8) is 0 Å². The number of thiazole rings is 1. The van der Waals surface area contributed by atoms with Crippen LogP contribution in [-0.4, -0.2) is 16.4 Å². The first kappa shape index (κ1) is 12.1. The number of nitrogens with two attached hydrogens (primary N) is 1. The maximum atomic E-state index is 6.09. The van der Waals surface area contributed by atoms with Gasteiger partial charge in [-0.25, -0.2) is 4.98 Å². The molecule has 94 valence electrons. The van der Waals surface area contributed by atoms with Crippen molar-refractivity contribution in [2.75, 3.05) is 12.3 Å². The third kappa shape index (κ3) is 2.30. The lowest BCUT2D eigenvalue weighted by Crippen LogP contribution is -2.30. The van der Waals surface area contributed by atoms with Gasteiger partial charge in [0.1, 0.15) is 5.01 Å². The highest BCUT2D eigenvalue weighted by molar-refractivity contribution is 9.10. The molecule has 0 fully saturated rings. The van der Waals surface area contributed by atoms with Crippen molar-refractivity contribution in [2.24, 2.45) is 0 Å². The van der Waals surface area contributed by atoms with Gasteiger partial charge < -0.3 is 5.73 Å². The van der Waals surface area contributed by atoms with E-state index in [0.29, 0.717) is 0 Å². The van der Waals surface area contributed by atoms with Crippen molar-refractivity contribution in [3.05, 3.63) is 44.3 Å². The molecule has 3 nitrogen and oxygen atoms in total. The fourth-order valence-corrected chi connectivity index (χ4v) is 3.60. The highest BCUT2D eigenvalue weighted by Crippen LogP contribution is 2.31. The molecule has 0 unspecified atom stereocenters. The van der Waals surface area contributed by atoms with Gasteiger partial charge in [-0.2, -0.15) is 0 Å². The minimum Gasteiger partial charge on any atom is -0.398 e. The topological polar surface area (TPSA) is 42.1 Å². The number of anilines is 1. The van der Waals surface area contributed by atoms with Crippen LogP contribution in [0.4, 0.5) is 5.69 Å². The van der Waals surface area contributed by atoms with Crippen molar-refractivity contribution in [3.8, 4) is 0 Å². The van der Waals surface area contributed by atoms with Crippen LogP contribution in [0.5, 0.6) is 0 Å². The molecule has 0 radical (unpaired) electrons. The summed E-state index contributed by atoms with van der Waals surface area (Å²) < 4.78 is 1.18. The van der Waals surface area contributed by atoms with E-state index in [1.165, 1.54) is 20.6 Å². The zero-order valence-corrected chi connectivity index (χ0v) is 12.3. The predicted molar refractivity (Wildman–Crippen MR) is 78.5 cm³/mol. The Kier molecular flexibility index (Phi) is 3.37. The van der Waals surface area contributed by atoms with Crippen LogP contribution in [0.1, 0.15) is 16.1 Å². The standard InChI is InChI=1S/C13H14BrN3S/c14-11-1-2-12(15)10-7-17(5-3-9(10)11)8-13-16-4-6-18-13/h1-2,4,6H,3,5,7-8,15H2. The van der Waals surface area contributed by atoms with Gasteiger partial charge in [0, 0.05) is 34.8 Å². The van der Waals surface area contributed by atoms with E-state index in [1.807, 2.05) is 23.7 Å². The van der Waals surface area contributed by atoms with E-state index in [4.69, 9.17) is 5.73 Å². The van der Waals surface area contributed by atoms with E-state index < -0.39 is 0 Å². The molecule has 0 amide bonds. The zero-order valence-electron chi connectivity index (χ0n) is 9.90. The molecule has 0 saturated heterocycles. The third-order valence-electron chi connectivity index (χ3n) is 3.31. The number of benzene rings is 1. The second-order valence-corrected chi connectivity index (χ2v) is 6.31. The monoisotopic (exact) mass is 323 g/mol. The number of aromatic nitrogens is 1. The van der Waals surface area contributed by atoms with Crippen LogP contribution in [0.25, 0.3) is 0 Å². The van der Waals surface area contributed by atoms with Gasteiger partial charge in [0.15, 0.2) is 0 Å². The van der Waals surface area contributed by atoms with Crippen LogP contribution in [0.3, 0.4) is 0 Å². The fourth-order valence-electron chi connectivity index (χ4n) is 2.37. The molecule has 2 heterocycles. The number of fused-ring (bicyclic) bond motifs is 1. The van der Waals surface area contributed by atoms with Crippen molar-refractivity contribution in [1.82, 2.24) is 9.88 Å². The Balaban J connectivity index is 1.82. The lowest BCUT2D eigenvalue weighted by Gasteiger charge is -2.29. The number of nitrogens with zero attached hydrogens (tertiary/aromatic N) is 2. The minimum absolute atomic E-state index is 0.900. The summed E-state index contributed by atoms with van der Waals surface area (Å²) in [6.45, 7) is 2.90. The second-order valence-electron chi connectivity index (χ2n) is 4.48. The van der Waals surface area contributed by atoms with E-state index >= 15 is 0 Å². The molecule has 1 aliphatic heterocycles. The van der Waals surface area contributed by atoms with Gasteiger partial charge in [0.05, 0.1) is 6.54 Å². The molecule has 2 aromatic rings. The molecule has 1 aromatic heterocycles. The van der Waals surface area contributed by atoms with E-state index in [0.717, 1.165) is 31.7 Å². The Bertz CT molecular complexity index is 554. The second kappa shape index (κ2) is 4.99. The summed E-state index contributed by atoms with van der Waals surface area (Å²) in [5, 5.41) is 3.20. The highest BCUT2D eigenvalue weighted by atomic mass is 79.9. The summed E-state index contributed by atoms with van der Waals surface area (Å²) in [5.74, 6) is 0. The molecule has 5 heteroatoms. The Morgan fingerprint density at radius 3 is 3.06 bits per heavy atom.